The van der Waals surface area contributed by atoms with Crippen molar-refractivity contribution in [3.8, 4) is 56.3 Å². The first kappa shape index (κ1) is 49.4. The first-order chi connectivity index (χ1) is 35.0. The Hall–Kier alpha value is -6.81. The Kier molecular flexibility index (Phi) is 12.4. The molecule has 0 unspecified atom stereocenters. The van der Waals surface area contributed by atoms with E-state index < -0.39 is 0 Å². The summed E-state index contributed by atoms with van der Waals surface area (Å²) in [5.41, 5.74) is 14.5. The Labute approximate surface area is 450 Å². The van der Waals surface area contributed by atoms with E-state index in [0.717, 1.165) is 99.5 Å². The van der Waals surface area contributed by atoms with Crippen molar-refractivity contribution in [3.05, 3.63) is 180 Å². The molecule has 0 bridgehead atoms. The zero-order valence-corrected chi connectivity index (χ0v) is 46.3. The molecule has 5 nitrogen and oxygen atoms in total. The molecule has 1 N–H and O–H groups in total. The summed E-state index contributed by atoms with van der Waals surface area (Å²) in [5, 5.41) is 19.4. The second-order valence-corrected chi connectivity index (χ2v) is 23.7. The van der Waals surface area contributed by atoms with Gasteiger partial charge < -0.3 is 9.52 Å². The van der Waals surface area contributed by atoms with Crippen LogP contribution in [0.4, 0.5) is 0 Å². The summed E-state index contributed by atoms with van der Waals surface area (Å²) < 4.78 is 9.63. The minimum absolute atomic E-state index is 0. The van der Waals surface area contributed by atoms with Gasteiger partial charge in [-0.25, -0.2) is 4.98 Å². The third kappa shape index (κ3) is 8.46. The zero-order chi connectivity index (χ0) is 50.6. The topological polar surface area (TPSA) is 64.1 Å². The Morgan fingerprint density at radius 3 is 1.95 bits per heavy atom. The number of furan rings is 1. The molecule has 1 aliphatic rings. The third-order valence-electron chi connectivity index (χ3n) is 15.7. The molecule has 11 aromatic rings. The second kappa shape index (κ2) is 18.5. The van der Waals surface area contributed by atoms with Crippen molar-refractivity contribution in [2.45, 2.75) is 117 Å². The van der Waals surface area contributed by atoms with E-state index in [2.05, 4.69) is 219 Å². The van der Waals surface area contributed by atoms with Crippen LogP contribution in [-0.4, -0.2) is 19.6 Å². The molecule has 3 heterocycles. The Balaban J connectivity index is 0.00000588. The van der Waals surface area contributed by atoms with E-state index in [-0.39, 0.29) is 43.1 Å². The fourth-order valence-corrected chi connectivity index (χ4v) is 11.6. The monoisotopic (exact) mass is 1150 g/mol. The molecule has 74 heavy (non-hydrogen) atoms. The van der Waals surface area contributed by atoms with Crippen LogP contribution >= 0.6 is 0 Å². The minimum atomic E-state index is -0.357. The number of hydrogen-bond acceptors (Lipinski definition) is 4. The zero-order valence-electron chi connectivity index (χ0n) is 44.1. The Morgan fingerprint density at radius 2 is 1.24 bits per heavy atom. The van der Waals surface area contributed by atoms with E-state index in [1.807, 2.05) is 6.20 Å². The van der Waals surface area contributed by atoms with Crippen LogP contribution < -0.4 is 0 Å². The quantitative estimate of drug-likeness (QED) is 0.133. The summed E-state index contributed by atoms with van der Waals surface area (Å²) in [6.45, 7) is 20.0. The number of aromatic hydroxyl groups is 1. The summed E-state index contributed by atoms with van der Waals surface area (Å²) in [5.74, 6) is 1.42. The number of phenols is 1. The SMILES string of the molecule is CC(C)(C)c1ccc(-n2c(-c3cc(C(C)(C)C)cc(C(C)(C)C)c3O)nc3c(-c4[c-]c(-c5cc(C6CCCCC6)ccn5)cc5c4oc4c6ccccc6c6ccccc6c54)cccc32)c(-c2ccccc2)c1.[Pt]. The maximum atomic E-state index is 12.8. The van der Waals surface area contributed by atoms with Gasteiger partial charge in [0.15, 0.2) is 0 Å². The predicted molar refractivity (Wildman–Crippen MR) is 305 cm³/mol. The maximum Gasteiger partial charge on any atom is 0.148 e. The molecular formula is C68H64N3O2Pt-. The summed E-state index contributed by atoms with van der Waals surface area (Å²) in [4.78, 5) is 10.9. The van der Waals surface area contributed by atoms with E-state index >= 15 is 0 Å². The minimum Gasteiger partial charge on any atom is -0.507 e. The molecule has 0 radical (unpaired) electrons. The van der Waals surface area contributed by atoms with Gasteiger partial charge in [0.05, 0.1) is 27.9 Å². The van der Waals surface area contributed by atoms with Crippen LogP contribution in [0.15, 0.2) is 156 Å². The van der Waals surface area contributed by atoms with Crippen LogP contribution in [-0.2, 0) is 37.3 Å². The molecule has 1 fully saturated rings. The number of phenolic OH excluding ortho intramolecular Hbond substituents is 1. The number of benzene rings is 8. The van der Waals surface area contributed by atoms with Gasteiger partial charge in [-0.2, -0.15) is 0 Å². The molecular weight excluding hydrogens is 1090 g/mol. The molecule has 1 aliphatic carbocycles. The van der Waals surface area contributed by atoms with Gasteiger partial charge in [0, 0.05) is 54.9 Å². The molecule has 8 aromatic carbocycles. The van der Waals surface area contributed by atoms with Crippen LogP contribution in [0.5, 0.6) is 5.75 Å². The average Bonchev–Trinajstić information content (AvgIpc) is 3.98. The normalized spacial score (nSPS) is 13.9. The molecule has 1 saturated carbocycles. The summed E-state index contributed by atoms with van der Waals surface area (Å²) in [6, 6.07) is 56.4. The van der Waals surface area contributed by atoms with Gasteiger partial charge in [-0.05, 0) is 109 Å². The summed E-state index contributed by atoms with van der Waals surface area (Å²) in [7, 11) is 0. The van der Waals surface area contributed by atoms with E-state index in [4.69, 9.17) is 14.4 Å². The van der Waals surface area contributed by atoms with E-state index in [0.29, 0.717) is 17.3 Å². The largest absolute Gasteiger partial charge is 0.507 e. The van der Waals surface area contributed by atoms with Crippen LogP contribution in [0.25, 0.3) is 105 Å². The van der Waals surface area contributed by atoms with E-state index in [9.17, 15) is 5.11 Å². The van der Waals surface area contributed by atoms with Gasteiger partial charge in [-0.15, -0.1) is 12.1 Å². The number of pyridine rings is 1. The molecule has 374 valence electrons. The van der Waals surface area contributed by atoms with E-state index in [1.165, 1.54) is 48.6 Å². The first-order valence-corrected chi connectivity index (χ1v) is 26.3. The van der Waals surface area contributed by atoms with Crippen LogP contribution in [0.2, 0.25) is 0 Å². The van der Waals surface area contributed by atoms with Crippen molar-refractivity contribution in [1.82, 2.24) is 14.5 Å². The van der Waals surface area contributed by atoms with Gasteiger partial charge in [0.1, 0.15) is 17.2 Å². The van der Waals surface area contributed by atoms with Gasteiger partial charge in [0.25, 0.3) is 0 Å². The first-order valence-electron chi connectivity index (χ1n) is 26.3. The van der Waals surface area contributed by atoms with Gasteiger partial charge >= 0.3 is 0 Å². The fraction of sp³-hybridized carbons (Fsp3) is 0.265. The molecule has 3 aromatic heterocycles. The standard InChI is InChI=1S/C68H64N3O2.Pt/c1-66(2,3)45-31-32-58(52(38-45)42-23-14-11-15-24-42)71-59-30-20-29-50(61(59)70-65(71)55-39-46(67(4,5)6)40-56(62(55)72)68(7,8)9)53-35-44(57-37-43(33-34-69-57)41-21-12-10-13-22-41)36-54-60-49-27-18-16-25-47(49)48-26-17-19-28-51(48)64(60)73-63(53)54;/h11,14-20,23-34,36-41,72H,10,12-13,21-22H2,1-9H3;/q-1;. The predicted octanol–water partition coefficient (Wildman–Crippen LogP) is 18.7. The molecule has 0 amide bonds. The second-order valence-electron chi connectivity index (χ2n) is 23.7. The number of aromatic nitrogens is 3. The van der Waals surface area contributed by atoms with Crippen molar-refractivity contribution < 1.29 is 30.6 Å². The Bertz CT molecular complexity index is 3960. The summed E-state index contributed by atoms with van der Waals surface area (Å²) >= 11 is 0. The van der Waals surface area contributed by atoms with Crippen molar-refractivity contribution in [2.75, 3.05) is 0 Å². The average molecular weight is 1150 g/mol. The van der Waals surface area contributed by atoms with Crippen molar-refractivity contribution in [2.24, 2.45) is 0 Å². The number of nitrogens with zero attached hydrogens (tertiary/aromatic N) is 3. The molecule has 0 saturated heterocycles. The number of hydrogen-bond donors (Lipinski definition) is 1. The number of imidazole rings is 1. The number of rotatable bonds is 6. The van der Waals surface area contributed by atoms with Crippen molar-refractivity contribution >= 4 is 54.5 Å². The van der Waals surface area contributed by atoms with Crippen LogP contribution in [0.1, 0.15) is 123 Å². The van der Waals surface area contributed by atoms with Crippen molar-refractivity contribution in [1.29, 1.82) is 0 Å². The third-order valence-corrected chi connectivity index (χ3v) is 15.7. The molecule has 0 aliphatic heterocycles. The molecule has 6 heteroatoms. The number of fused-ring (bicyclic) bond motifs is 9. The Morgan fingerprint density at radius 1 is 0.581 bits per heavy atom. The smallest absolute Gasteiger partial charge is 0.148 e. The van der Waals surface area contributed by atoms with E-state index in [1.54, 1.807) is 0 Å². The number of para-hydroxylation sites is 1. The molecule has 12 rings (SSSR count). The summed E-state index contributed by atoms with van der Waals surface area (Å²) in [6.07, 6.45) is 8.21. The van der Waals surface area contributed by atoms with Crippen LogP contribution in [0.3, 0.4) is 0 Å². The van der Waals surface area contributed by atoms with Gasteiger partial charge in [0.2, 0.25) is 0 Å². The van der Waals surface area contributed by atoms with Crippen molar-refractivity contribution in [3.63, 3.8) is 0 Å². The molecule has 0 atom stereocenters. The van der Waals surface area contributed by atoms with Gasteiger partial charge in [-0.3, -0.25) is 9.55 Å². The fourth-order valence-electron chi connectivity index (χ4n) is 11.6. The van der Waals surface area contributed by atoms with Crippen LogP contribution in [0, 0.1) is 6.07 Å². The van der Waals surface area contributed by atoms with Gasteiger partial charge in [-0.1, -0.05) is 207 Å². The molecule has 0 spiro atoms. The maximum absolute atomic E-state index is 12.8.